The number of nitrogens with one attached hydrogen (secondary N) is 1. The van der Waals surface area contributed by atoms with Gasteiger partial charge in [-0.25, -0.2) is 9.50 Å². The maximum Gasteiger partial charge on any atom is 0.155 e. The molecule has 4 nitrogen and oxygen atoms in total. The third-order valence-corrected chi connectivity index (χ3v) is 3.82. The summed E-state index contributed by atoms with van der Waals surface area (Å²) in [4.78, 5) is 4.40. The number of aromatic nitrogens is 3. The number of nitrogens with zero attached hydrogens (tertiary/aromatic N) is 3. The molecule has 0 saturated carbocycles. The zero-order valence-corrected chi connectivity index (χ0v) is 12.8. The average Bonchev–Trinajstić information content (AvgIpc) is 2.84. The van der Waals surface area contributed by atoms with Gasteiger partial charge in [-0.3, -0.25) is 0 Å². The molecule has 0 unspecified atom stereocenters. The molecule has 0 saturated heterocycles. The lowest BCUT2D eigenvalue weighted by Crippen LogP contribution is -2.18. The van der Waals surface area contributed by atoms with Crippen molar-refractivity contribution >= 4 is 17.2 Å². The molecular weight excluding hydrogens is 284 g/mol. The third-order valence-electron chi connectivity index (χ3n) is 3.47. The van der Waals surface area contributed by atoms with Crippen LogP contribution in [0.3, 0.4) is 0 Å². The summed E-state index contributed by atoms with van der Waals surface area (Å²) in [5.41, 5.74) is 4.03. The molecule has 2 heterocycles. The lowest BCUT2D eigenvalue weighted by atomic mass is 10.1. The zero-order chi connectivity index (χ0) is 14.8. The predicted octanol–water partition coefficient (Wildman–Crippen LogP) is 3.54. The molecule has 0 bridgehead atoms. The number of rotatable bonds is 4. The zero-order valence-electron chi connectivity index (χ0n) is 12.0. The van der Waals surface area contributed by atoms with Crippen LogP contribution < -0.4 is 5.32 Å². The fourth-order valence-electron chi connectivity index (χ4n) is 2.33. The van der Waals surface area contributed by atoms with Crippen LogP contribution in [0.2, 0.25) is 5.02 Å². The van der Waals surface area contributed by atoms with E-state index in [2.05, 4.69) is 22.3 Å². The first-order valence-corrected chi connectivity index (χ1v) is 7.30. The Morgan fingerprint density at radius 3 is 2.95 bits per heavy atom. The first kappa shape index (κ1) is 14.0. The van der Waals surface area contributed by atoms with Crippen molar-refractivity contribution in [3.8, 4) is 0 Å². The summed E-state index contributed by atoms with van der Waals surface area (Å²) in [6.45, 7) is 4.78. The van der Waals surface area contributed by atoms with E-state index in [0.717, 1.165) is 27.5 Å². The molecular formula is C16H17ClN4. The van der Waals surface area contributed by atoms with Gasteiger partial charge >= 0.3 is 0 Å². The van der Waals surface area contributed by atoms with Gasteiger partial charge in [0, 0.05) is 41.6 Å². The quantitative estimate of drug-likeness (QED) is 0.801. The minimum absolute atomic E-state index is 0.175. The molecule has 1 aromatic carbocycles. The fraction of sp³-hybridized carbons (Fsp3) is 0.250. The summed E-state index contributed by atoms with van der Waals surface area (Å²) in [7, 11) is 0. The summed E-state index contributed by atoms with van der Waals surface area (Å²) in [5.74, 6) is 0. The molecule has 5 heteroatoms. The Morgan fingerprint density at radius 2 is 2.14 bits per heavy atom. The number of benzene rings is 1. The van der Waals surface area contributed by atoms with Crippen molar-refractivity contribution in [1.29, 1.82) is 0 Å². The highest BCUT2D eigenvalue weighted by molar-refractivity contribution is 6.31. The summed E-state index contributed by atoms with van der Waals surface area (Å²) in [6, 6.07) is 10.0. The number of halogens is 1. The van der Waals surface area contributed by atoms with Crippen LogP contribution in [-0.4, -0.2) is 14.6 Å². The van der Waals surface area contributed by atoms with Crippen LogP contribution in [0.25, 0.3) is 5.65 Å². The van der Waals surface area contributed by atoms with E-state index in [9.17, 15) is 0 Å². The molecule has 1 atom stereocenters. The Morgan fingerprint density at radius 1 is 1.33 bits per heavy atom. The molecule has 0 aliphatic carbocycles. The van der Waals surface area contributed by atoms with Crippen LogP contribution in [0.1, 0.15) is 29.8 Å². The summed E-state index contributed by atoms with van der Waals surface area (Å²) in [5, 5.41) is 8.63. The van der Waals surface area contributed by atoms with Crippen molar-refractivity contribution in [2.24, 2.45) is 0 Å². The second-order valence-electron chi connectivity index (χ2n) is 5.17. The van der Waals surface area contributed by atoms with Crippen LogP contribution in [0, 0.1) is 6.92 Å². The van der Waals surface area contributed by atoms with E-state index in [-0.39, 0.29) is 6.04 Å². The normalized spacial score (nSPS) is 12.7. The smallest absolute Gasteiger partial charge is 0.155 e. The Kier molecular flexibility index (Phi) is 3.90. The highest BCUT2D eigenvalue weighted by Crippen LogP contribution is 2.22. The van der Waals surface area contributed by atoms with Gasteiger partial charge in [-0.05, 0) is 25.5 Å². The maximum atomic E-state index is 6.22. The lowest BCUT2D eigenvalue weighted by molar-refractivity contribution is 0.572. The van der Waals surface area contributed by atoms with E-state index in [4.69, 9.17) is 11.6 Å². The molecule has 0 spiro atoms. The Bertz CT molecular complexity index is 766. The molecule has 0 radical (unpaired) electrons. The minimum Gasteiger partial charge on any atom is -0.306 e. The van der Waals surface area contributed by atoms with Crippen LogP contribution in [0.4, 0.5) is 0 Å². The molecule has 0 aliphatic rings. The van der Waals surface area contributed by atoms with Gasteiger partial charge in [-0.1, -0.05) is 29.8 Å². The topological polar surface area (TPSA) is 42.2 Å². The fourth-order valence-corrected chi connectivity index (χ4v) is 2.63. The first-order chi connectivity index (χ1) is 10.1. The standard InChI is InChI=1S/C16H17ClN4/c1-11-7-16-19-9-13(10-21(16)20-11)8-18-12(2)14-5-3-4-6-15(14)17/h3-7,9-10,12,18H,8H2,1-2H3/t12-/m1/s1. The van der Waals surface area contributed by atoms with E-state index in [1.54, 1.807) is 0 Å². The van der Waals surface area contributed by atoms with Crippen LogP contribution in [-0.2, 0) is 6.54 Å². The molecule has 0 fully saturated rings. The molecule has 0 aliphatic heterocycles. The highest BCUT2D eigenvalue weighted by Gasteiger charge is 2.09. The van der Waals surface area contributed by atoms with Gasteiger partial charge in [0.1, 0.15) is 0 Å². The van der Waals surface area contributed by atoms with Gasteiger partial charge in [0.15, 0.2) is 5.65 Å². The summed E-state index contributed by atoms with van der Waals surface area (Å²) < 4.78 is 1.81. The van der Waals surface area contributed by atoms with Crippen LogP contribution in [0.15, 0.2) is 42.7 Å². The van der Waals surface area contributed by atoms with Crippen molar-refractivity contribution in [3.63, 3.8) is 0 Å². The number of hydrogen-bond acceptors (Lipinski definition) is 3. The highest BCUT2D eigenvalue weighted by atomic mass is 35.5. The van der Waals surface area contributed by atoms with Gasteiger partial charge < -0.3 is 5.32 Å². The minimum atomic E-state index is 0.175. The van der Waals surface area contributed by atoms with Gasteiger partial charge in [0.2, 0.25) is 0 Å². The first-order valence-electron chi connectivity index (χ1n) is 6.92. The SMILES string of the molecule is Cc1cc2ncc(CN[C@H](C)c3ccccc3Cl)cn2n1. The van der Waals surface area contributed by atoms with E-state index < -0.39 is 0 Å². The largest absolute Gasteiger partial charge is 0.306 e. The summed E-state index contributed by atoms with van der Waals surface area (Å²) in [6.07, 6.45) is 3.88. The molecule has 0 amide bonds. The lowest BCUT2D eigenvalue weighted by Gasteiger charge is -2.15. The monoisotopic (exact) mass is 300 g/mol. The van der Waals surface area contributed by atoms with Crippen LogP contribution in [0.5, 0.6) is 0 Å². The Hall–Kier alpha value is -1.91. The molecule has 108 valence electrons. The molecule has 3 rings (SSSR count). The second kappa shape index (κ2) is 5.84. The van der Waals surface area contributed by atoms with Crippen molar-refractivity contribution < 1.29 is 0 Å². The van der Waals surface area contributed by atoms with Gasteiger partial charge in [-0.2, -0.15) is 5.10 Å². The van der Waals surface area contributed by atoms with E-state index in [0.29, 0.717) is 6.54 Å². The van der Waals surface area contributed by atoms with E-state index in [1.165, 1.54) is 0 Å². The average molecular weight is 301 g/mol. The van der Waals surface area contributed by atoms with Gasteiger partial charge in [0.05, 0.1) is 5.69 Å². The van der Waals surface area contributed by atoms with Crippen molar-refractivity contribution in [2.45, 2.75) is 26.4 Å². The van der Waals surface area contributed by atoms with E-state index >= 15 is 0 Å². The Balaban J connectivity index is 1.72. The number of hydrogen-bond donors (Lipinski definition) is 1. The number of aryl methyl sites for hydroxylation is 1. The van der Waals surface area contributed by atoms with E-state index in [1.807, 2.05) is 54.2 Å². The Labute approximate surface area is 128 Å². The second-order valence-corrected chi connectivity index (χ2v) is 5.58. The van der Waals surface area contributed by atoms with Crippen molar-refractivity contribution in [3.05, 3.63) is 64.6 Å². The number of fused-ring (bicyclic) bond motifs is 1. The maximum absolute atomic E-state index is 6.22. The van der Waals surface area contributed by atoms with Crippen molar-refractivity contribution in [1.82, 2.24) is 19.9 Å². The molecule has 21 heavy (non-hydrogen) atoms. The van der Waals surface area contributed by atoms with Crippen molar-refractivity contribution in [2.75, 3.05) is 0 Å². The van der Waals surface area contributed by atoms with Gasteiger partial charge in [-0.15, -0.1) is 0 Å². The van der Waals surface area contributed by atoms with Crippen LogP contribution >= 0.6 is 11.6 Å². The molecule has 3 aromatic rings. The third kappa shape index (κ3) is 3.06. The summed E-state index contributed by atoms with van der Waals surface area (Å²) >= 11 is 6.22. The predicted molar refractivity (Wildman–Crippen MR) is 84.4 cm³/mol. The molecule has 2 aromatic heterocycles. The van der Waals surface area contributed by atoms with Gasteiger partial charge in [0.25, 0.3) is 0 Å². The molecule has 1 N–H and O–H groups in total.